The summed E-state index contributed by atoms with van der Waals surface area (Å²) in [5.41, 5.74) is 6.76. The number of fused-ring (bicyclic) bond motifs is 1. The Labute approximate surface area is 234 Å². The number of anilines is 2. The van der Waals surface area contributed by atoms with E-state index in [1.165, 1.54) is 0 Å². The van der Waals surface area contributed by atoms with Crippen molar-refractivity contribution >= 4 is 17.2 Å². The first-order valence-electron chi connectivity index (χ1n) is 13.5. The molecular weight excluding hydrogens is 500 g/mol. The molecule has 6 nitrogen and oxygen atoms in total. The lowest BCUT2D eigenvalue weighted by Crippen LogP contribution is -2.26. The lowest BCUT2D eigenvalue weighted by Gasteiger charge is -2.30. The molecule has 1 aliphatic heterocycles. The quantitative estimate of drug-likeness (QED) is 0.261. The summed E-state index contributed by atoms with van der Waals surface area (Å²) >= 11 is 0. The van der Waals surface area contributed by atoms with Crippen molar-refractivity contribution < 1.29 is 19.0 Å². The Morgan fingerprint density at radius 1 is 0.750 bits per heavy atom. The van der Waals surface area contributed by atoms with Crippen LogP contribution in [0.2, 0.25) is 0 Å². The molecule has 2 unspecified atom stereocenters. The number of para-hydroxylation sites is 2. The zero-order valence-electron chi connectivity index (χ0n) is 22.6. The van der Waals surface area contributed by atoms with Gasteiger partial charge in [0.2, 0.25) is 0 Å². The predicted molar refractivity (Wildman–Crippen MR) is 157 cm³/mol. The molecule has 0 amide bonds. The number of carbonyl (C=O) groups is 1. The summed E-state index contributed by atoms with van der Waals surface area (Å²) in [5, 5.41) is 7.26. The van der Waals surface area contributed by atoms with E-state index in [-0.39, 0.29) is 17.7 Å². The molecule has 0 saturated heterocycles. The van der Waals surface area contributed by atoms with Crippen molar-refractivity contribution in [3.63, 3.8) is 0 Å². The van der Waals surface area contributed by atoms with Gasteiger partial charge >= 0.3 is 0 Å². The van der Waals surface area contributed by atoms with Gasteiger partial charge in [-0.3, -0.25) is 4.79 Å². The molecule has 40 heavy (non-hydrogen) atoms. The number of benzene rings is 4. The largest absolute Gasteiger partial charge is 0.497 e. The van der Waals surface area contributed by atoms with Gasteiger partial charge in [0.1, 0.15) is 12.4 Å². The topological polar surface area (TPSA) is 68.8 Å². The van der Waals surface area contributed by atoms with Gasteiger partial charge in [0, 0.05) is 17.7 Å². The number of hydrogen-bond donors (Lipinski definition) is 2. The average Bonchev–Trinajstić information content (AvgIpc) is 3.17. The van der Waals surface area contributed by atoms with Crippen molar-refractivity contribution in [3.8, 4) is 17.2 Å². The lowest BCUT2D eigenvalue weighted by atomic mass is 9.78. The Kier molecular flexibility index (Phi) is 7.15. The minimum Gasteiger partial charge on any atom is -0.497 e. The third-order valence-corrected chi connectivity index (χ3v) is 7.65. The zero-order valence-corrected chi connectivity index (χ0v) is 22.6. The molecule has 6 rings (SSSR count). The minimum atomic E-state index is -0.340. The van der Waals surface area contributed by atoms with Gasteiger partial charge in [-0.25, -0.2) is 0 Å². The summed E-state index contributed by atoms with van der Waals surface area (Å²) in [5.74, 6) is 2.30. The molecule has 0 spiro atoms. The van der Waals surface area contributed by atoms with E-state index >= 15 is 0 Å². The maximum Gasteiger partial charge on any atom is 0.163 e. The first kappa shape index (κ1) is 25.6. The van der Waals surface area contributed by atoms with Crippen LogP contribution >= 0.6 is 0 Å². The highest BCUT2D eigenvalue weighted by Crippen LogP contribution is 2.45. The fourth-order valence-corrected chi connectivity index (χ4v) is 5.57. The van der Waals surface area contributed by atoms with Crippen LogP contribution in [-0.4, -0.2) is 20.0 Å². The third kappa shape index (κ3) is 5.13. The molecule has 2 aliphatic rings. The molecule has 4 aromatic rings. The molecular formula is C34H32N2O4. The number of methoxy groups -OCH3 is 2. The van der Waals surface area contributed by atoms with E-state index in [1.54, 1.807) is 14.2 Å². The standard InChI is InChI=1S/C34H32N2O4/c1-38-26-15-12-23(13-16-26)25-18-29-33(30(37)19-25)34(36-28-11-7-6-10-27(28)35-29)24-14-17-31(32(20-24)39-2)40-21-22-8-4-3-5-9-22/h3-17,20,25,34-36H,18-19,21H2,1-2H3. The Balaban J connectivity index is 1.35. The number of hydrogen-bond acceptors (Lipinski definition) is 6. The fourth-order valence-electron chi connectivity index (χ4n) is 5.57. The van der Waals surface area contributed by atoms with E-state index in [4.69, 9.17) is 14.2 Å². The summed E-state index contributed by atoms with van der Waals surface area (Å²) in [7, 11) is 3.30. The number of ketones is 1. The van der Waals surface area contributed by atoms with Gasteiger partial charge in [-0.05, 0) is 65.4 Å². The van der Waals surface area contributed by atoms with Gasteiger partial charge in [0.15, 0.2) is 17.3 Å². The van der Waals surface area contributed by atoms with E-state index in [1.807, 2.05) is 84.9 Å². The Morgan fingerprint density at radius 2 is 1.48 bits per heavy atom. The summed E-state index contributed by atoms with van der Waals surface area (Å²) in [6.07, 6.45) is 1.17. The molecule has 1 aliphatic carbocycles. The van der Waals surface area contributed by atoms with Crippen molar-refractivity contribution in [2.45, 2.75) is 31.4 Å². The average molecular weight is 533 g/mol. The molecule has 0 fully saturated rings. The minimum absolute atomic E-state index is 0.0823. The number of Topliss-reactive ketones (excluding diaryl/α,β-unsaturated/α-hetero) is 1. The second-order valence-corrected chi connectivity index (χ2v) is 10.1. The van der Waals surface area contributed by atoms with Crippen molar-refractivity contribution in [2.75, 3.05) is 24.9 Å². The van der Waals surface area contributed by atoms with Gasteiger partial charge in [0.05, 0.1) is 31.6 Å². The van der Waals surface area contributed by atoms with Crippen LogP contribution in [0.3, 0.4) is 0 Å². The predicted octanol–water partition coefficient (Wildman–Crippen LogP) is 7.26. The normalized spacial score (nSPS) is 18.0. The fraction of sp³-hybridized carbons (Fsp3) is 0.206. The lowest BCUT2D eigenvalue weighted by molar-refractivity contribution is -0.116. The van der Waals surface area contributed by atoms with Crippen LogP contribution in [0.4, 0.5) is 11.4 Å². The van der Waals surface area contributed by atoms with E-state index in [2.05, 4.69) is 22.8 Å². The first-order valence-corrected chi connectivity index (χ1v) is 13.5. The van der Waals surface area contributed by atoms with E-state index < -0.39 is 0 Å². The molecule has 1 heterocycles. The van der Waals surface area contributed by atoms with Crippen LogP contribution < -0.4 is 24.8 Å². The molecule has 4 aromatic carbocycles. The van der Waals surface area contributed by atoms with Gasteiger partial charge < -0.3 is 24.8 Å². The summed E-state index contributed by atoms with van der Waals surface area (Å²) in [6, 6.07) is 31.7. The molecule has 202 valence electrons. The van der Waals surface area contributed by atoms with Gasteiger partial charge in [0.25, 0.3) is 0 Å². The molecule has 0 saturated carbocycles. The van der Waals surface area contributed by atoms with Crippen molar-refractivity contribution in [3.05, 3.63) is 125 Å². The van der Waals surface area contributed by atoms with Crippen molar-refractivity contribution in [1.29, 1.82) is 0 Å². The first-order chi connectivity index (χ1) is 19.6. The van der Waals surface area contributed by atoms with E-state index in [0.717, 1.165) is 51.5 Å². The van der Waals surface area contributed by atoms with Gasteiger partial charge in [-0.1, -0.05) is 60.7 Å². The number of nitrogens with one attached hydrogen (secondary N) is 2. The van der Waals surface area contributed by atoms with Crippen LogP contribution in [0.25, 0.3) is 0 Å². The monoisotopic (exact) mass is 532 g/mol. The molecule has 2 N–H and O–H groups in total. The van der Waals surface area contributed by atoms with Crippen molar-refractivity contribution in [2.24, 2.45) is 0 Å². The number of rotatable bonds is 7. The highest BCUT2D eigenvalue weighted by atomic mass is 16.5. The molecule has 2 atom stereocenters. The van der Waals surface area contributed by atoms with Crippen LogP contribution in [-0.2, 0) is 11.4 Å². The van der Waals surface area contributed by atoms with Crippen LogP contribution in [0.15, 0.2) is 108 Å². The number of carbonyl (C=O) groups excluding carboxylic acids is 1. The van der Waals surface area contributed by atoms with Crippen LogP contribution in [0.5, 0.6) is 17.2 Å². The molecule has 0 radical (unpaired) electrons. The third-order valence-electron chi connectivity index (χ3n) is 7.65. The van der Waals surface area contributed by atoms with E-state index in [0.29, 0.717) is 24.5 Å². The smallest absolute Gasteiger partial charge is 0.163 e. The summed E-state index contributed by atoms with van der Waals surface area (Å²) in [6.45, 7) is 0.441. The van der Waals surface area contributed by atoms with Gasteiger partial charge in [-0.2, -0.15) is 0 Å². The van der Waals surface area contributed by atoms with E-state index in [9.17, 15) is 4.79 Å². The number of ether oxygens (including phenoxy) is 3. The van der Waals surface area contributed by atoms with Crippen molar-refractivity contribution in [1.82, 2.24) is 0 Å². The molecule has 0 bridgehead atoms. The Bertz CT molecular complexity index is 1550. The number of allylic oxidation sites excluding steroid dienone is 1. The Hall–Kier alpha value is -4.71. The summed E-state index contributed by atoms with van der Waals surface area (Å²) in [4.78, 5) is 13.9. The second kappa shape index (κ2) is 11.2. The second-order valence-electron chi connectivity index (χ2n) is 10.1. The highest BCUT2D eigenvalue weighted by Gasteiger charge is 2.36. The molecule has 0 aromatic heterocycles. The SMILES string of the molecule is COc1ccc(C2CC(=O)C3=C(C2)Nc2ccccc2NC3c2ccc(OCc3ccccc3)c(OC)c2)cc1. The van der Waals surface area contributed by atoms with Gasteiger partial charge in [-0.15, -0.1) is 0 Å². The van der Waals surface area contributed by atoms with Crippen LogP contribution in [0, 0.1) is 0 Å². The highest BCUT2D eigenvalue weighted by molar-refractivity contribution is 6.01. The summed E-state index contributed by atoms with van der Waals surface area (Å²) < 4.78 is 17.2. The zero-order chi connectivity index (χ0) is 27.5. The van der Waals surface area contributed by atoms with Crippen LogP contribution in [0.1, 0.15) is 41.5 Å². The maximum absolute atomic E-state index is 13.9. The molecule has 6 heteroatoms. The Morgan fingerprint density at radius 3 is 2.23 bits per heavy atom. The maximum atomic E-state index is 13.9.